The van der Waals surface area contributed by atoms with E-state index in [9.17, 15) is 5.11 Å². The van der Waals surface area contributed by atoms with Crippen molar-refractivity contribution in [2.24, 2.45) is 17.8 Å². The molecule has 3 heteroatoms. The molecule has 2 N–H and O–H groups in total. The minimum atomic E-state index is 0.349. The van der Waals surface area contributed by atoms with Gasteiger partial charge in [0, 0.05) is 6.61 Å². The predicted molar refractivity (Wildman–Crippen MR) is 63.9 cm³/mol. The van der Waals surface area contributed by atoms with Crippen LogP contribution in [0.4, 0.5) is 0 Å². The maximum Gasteiger partial charge on any atom is 0.0462 e. The topological polar surface area (TPSA) is 35.5 Å². The minimum Gasteiger partial charge on any atom is -0.396 e. The van der Waals surface area contributed by atoms with Gasteiger partial charge in [-0.25, -0.2) is 0 Å². The van der Waals surface area contributed by atoms with Crippen LogP contribution in [-0.2, 0) is 0 Å². The van der Waals surface area contributed by atoms with Crippen LogP contribution in [0.5, 0.6) is 0 Å². The Morgan fingerprint density at radius 1 is 1.33 bits per heavy atom. The fourth-order valence-corrected chi connectivity index (χ4v) is 2.34. The minimum absolute atomic E-state index is 0.349. The number of rotatable bonds is 4. The molecule has 1 rings (SSSR count). The molecule has 0 bridgehead atoms. The van der Waals surface area contributed by atoms with Gasteiger partial charge in [0.15, 0.2) is 0 Å². The number of aliphatic hydroxyl groups excluding tert-OH is 1. The first-order chi connectivity index (χ1) is 7.13. The summed E-state index contributed by atoms with van der Waals surface area (Å²) in [7, 11) is 4.24. The zero-order valence-electron chi connectivity index (χ0n) is 10.4. The second kappa shape index (κ2) is 6.46. The molecule has 0 aromatic rings. The van der Waals surface area contributed by atoms with E-state index in [4.69, 9.17) is 0 Å². The number of nitrogens with one attached hydrogen (secondary N) is 1. The third-order valence-corrected chi connectivity index (χ3v) is 3.56. The van der Waals surface area contributed by atoms with Crippen molar-refractivity contribution in [3.8, 4) is 0 Å². The van der Waals surface area contributed by atoms with Crippen LogP contribution in [-0.4, -0.2) is 50.3 Å². The van der Waals surface area contributed by atoms with Crippen LogP contribution in [0.1, 0.15) is 19.8 Å². The van der Waals surface area contributed by atoms with Crippen molar-refractivity contribution in [3.63, 3.8) is 0 Å². The van der Waals surface area contributed by atoms with Gasteiger partial charge < -0.3 is 15.3 Å². The predicted octanol–water partition coefficient (Wildman–Crippen LogP) is 0.792. The average molecular weight is 214 g/mol. The van der Waals surface area contributed by atoms with Crippen LogP contribution in [0.25, 0.3) is 0 Å². The Morgan fingerprint density at radius 3 is 2.67 bits per heavy atom. The Morgan fingerprint density at radius 2 is 2.07 bits per heavy atom. The van der Waals surface area contributed by atoms with Crippen molar-refractivity contribution < 1.29 is 5.11 Å². The largest absolute Gasteiger partial charge is 0.396 e. The molecule has 1 saturated heterocycles. The Kier molecular flexibility index (Phi) is 5.58. The van der Waals surface area contributed by atoms with Crippen molar-refractivity contribution >= 4 is 0 Å². The van der Waals surface area contributed by atoms with Gasteiger partial charge in [0.25, 0.3) is 0 Å². The third-order valence-electron chi connectivity index (χ3n) is 3.56. The van der Waals surface area contributed by atoms with Gasteiger partial charge in [-0.15, -0.1) is 0 Å². The van der Waals surface area contributed by atoms with Gasteiger partial charge >= 0.3 is 0 Å². The van der Waals surface area contributed by atoms with Crippen molar-refractivity contribution in [1.29, 1.82) is 0 Å². The number of hydrogen-bond acceptors (Lipinski definition) is 3. The molecule has 1 fully saturated rings. The van der Waals surface area contributed by atoms with Crippen molar-refractivity contribution in [3.05, 3.63) is 0 Å². The summed E-state index contributed by atoms with van der Waals surface area (Å²) in [5, 5.41) is 12.8. The van der Waals surface area contributed by atoms with Crippen LogP contribution in [0.2, 0.25) is 0 Å². The summed E-state index contributed by atoms with van der Waals surface area (Å²) < 4.78 is 0. The SMILES string of the molecule is CC1CNCC(CCN(C)C)CC1CO. The monoisotopic (exact) mass is 214 g/mol. The van der Waals surface area contributed by atoms with Gasteiger partial charge in [-0.1, -0.05) is 6.92 Å². The highest BCUT2D eigenvalue weighted by atomic mass is 16.3. The van der Waals surface area contributed by atoms with Crippen molar-refractivity contribution in [2.75, 3.05) is 40.3 Å². The number of aliphatic hydroxyl groups is 1. The summed E-state index contributed by atoms with van der Waals surface area (Å²) >= 11 is 0. The molecule has 0 aromatic heterocycles. The summed E-state index contributed by atoms with van der Waals surface area (Å²) in [6.45, 7) is 5.92. The smallest absolute Gasteiger partial charge is 0.0462 e. The van der Waals surface area contributed by atoms with Gasteiger partial charge in [0.2, 0.25) is 0 Å². The average Bonchev–Trinajstić information content (AvgIpc) is 2.37. The fraction of sp³-hybridized carbons (Fsp3) is 1.00. The molecule has 3 atom stereocenters. The number of hydrogen-bond donors (Lipinski definition) is 2. The number of nitrogens with zero attached hydrogens (tertiary/aromatic N) is 1. The normalized spacial score (nSPS) is 33.0. The molecule has 0 saturated carbocycles. The van der Waals surface area contributed by atoms with E-state index in [0.717, 1.165) is 25.6 Å². The van der Waals surface area contributed by atoms with E-state index >= 15 is 0 Å². The molecule has 1 aliphatic heterocycles. The highest BCUT2D eigenvalue weighted by Gasteiger charge is 2.24. The second-order valence-electron chi connectivity index (χ2n) is 5.27. The first-order valence-electron chi connectivity index (χ1n) is 6.09. The Balaban J connectivity index is 2.38. The van der Waals surface area contributed by atoms with Crippen molar-refractivity contribution in [1.82, 2.24) is 10.2 Å². The lowest BCUT2D eigenvalue weighted by atomic mass is 9.86. The molecule has 1 heterocycles. The lowest BCUT2D eigenvalue weighted by molar-refractivity contribution is 0.165. The summed E-state index contributed by atoms with van der Waals surface area (Å²) in [4.78, 5) is 2.24. The summed E-state index contributed by atoms with van der Waals surface area (Å²) in [5.74, 6) is 1.83. The maximum absolute atomic E-state index is 9.34. The van der Waals surface area contributed by atoms with E-state index in [2.05, 4.69) is 31.2 Å². The van der Waals surface area contributed by atoms with Crippen LogP contribution in [0, 0.1) is 17.8 Å². The lowest BCUT2D eigenvalue weighted by Crippen LogP contribution is -2.25. The quantitative estimate of drug-likeness (QED) is 0.726. The van der Waals surface area contributed by atoms with Crippen LogP contribution in [0.3, 0.4) is 0 Å². The van der Waals surface area contributed by atoms with Crippen LogP contribution in [0.15, 0.2) is 0 Å². The highest BCUT2D eigenvalue weighted by molar-refractivity contribution is 4.78. The Hall–Kier alpha value is -0.120. The van der Waals surface area contributed by atoms with E-state index in [-0.39, 0.29) is 0 Å². The first kappa shape index (κ1) is 12.9. The molecule has 3 nitrogen and oxygen atoms in total. The molecule has 15 heavy (non-hydrogen) atoms. The third kappa shape index (κ3) is 4.49. The zero-order valence-corrected chi connectivity index (χ0v) is 10.4. The van der Waals surface area contributed by atoms with Crippen LogP contribution >= 0.6 is 0 Å². The summed E-state index contributed by atoms with van der Waals surface area (Å²) in [6, 6.07) is 0. The molecule has 3 unspecified atom stereocenters. The van der Waals surface area contributed by atoms with Gasteiger partial charge in [-0.05, 0) is 64.3 Å². The molecule has 1 aliphatic rings. The van der Waals surface area contributed by atoms with E-state index in [0.29, 0.717) is 18.4 Å². The molecule has 0 aromatic carbocycles. The van der Waals surface area contributed by atoms with Gasteiger partial charge in [0.1, 0.15) is 0 Å². The highest BCUT2D eigenvalue weighted by Crippen LogP contribution is 2.24. The fourth-order valence-electron chi connectivity index (χ4n) is 2.34. The van der Waals surface area contributed by atoms with E-state index < -0.39 is 0 Å². The molecular formula is C12H26N2O. The van der Waals surface area contributed by atoms with Gasteiger partial charge in [-0.3, -0.25) is 0 Å². The maximum atomic E-state index is 9.34. The van der Waals surface area contributed by atoms with Crippen LogP contribution < -0.4 is 5.32 Å². The first-order valence-corrected chi connectivity index (χ1v) is 6.09. The Bertz CT molecular complexity index is 173. The Labute approximate surface area is 93.9 Å². The second-order valence-corrected chi connectivity index (χ2v) is 5.27. The zero-order chi connectivity index (χ0) is 11.3. The van der Waals surface area contributed by atoms with E-state index in [1.807, 2.05) is 0 Å². The van der Waals surface area contributed by atoms with E-state index in [1.54, 1.807) is 0 Å². The van der Waals surface area contributed by atoms with Gasteiger partial charge in [-0.2, -0.15) is 0 Å². The molecule has 0 spiro atoms. The van der Waals surface area contributed by atoms with E-state index in [1.165, 1.54) is 12.8 Å². The lowest BCUT2D eigenvalue weighted by Gasteiger charge is -2.22. The molecule has 90 valence electrons. The summed E-state index contributed by atoms with van der Waals surface area (Å²) in [5.41, 5.74) is 0. The molecular weight excluding hydrogens is 188 g/mol. The van der Waals surface area contributed by atoms with Crippen molar-refractivity contribution in [2.45, 2.75) is 19.8 Å². The molecule has 0 radical (unpaired) electrons. The molecule has 0 aliphatic carbocycles. The molecule has 0 amide bonds. The van der Waals surface area contributed by atoms with Gasteiger partial charge in [0.05, 0.1) is 0 Å². The summed E-state index contributed by atoms with van der Waals surface area (Å²) in [6.07, 6.45) is 2.42. The standard InChI is InChI=1S/C12H26N2O/c1-10-7-13-8-11(4-5-14(2)3)6-12(10)9-15/h10-13,15H,4-9H2,1-3H3.